The van der Waals surface area contributed by atoms with Crippen molar-refractivity contribution < 1.29 is 0 Å². The van der Waals surface area contributed by atoms with Gasteiger partial charge in [-0.05, 0) is 24.6 Å². The van der Waals surface area contributed by atoms with Crippen LogP contribution in [-0.4, -0.2) is 47.6 Å². The molecule has 26 heavy (non-hydrogen) atoms. The minimum absolute atomic E-state index is 0.832. The van der Waals surface area contributed by atoms with E-state index in [1.165, 1.54) is 5.56 Å². The fourth-order valence-corrected chi connectivity index (χ4v) is 3.46. The van der Waals surface area contributed by atoms with Crippen molar-refractivity contribution >= 4 is 22.7 Å². The number of nitrogens with one attached hydrogen (secondary N) is 1. The summed E-state index contributed by atoms with van der Waals surface area (Å²) in [6.07, 6.45) is 0. The van der Waals surface area contributed by atoms with E-state index in [2.05, 4.69) is 64.5 Å². The molecule has 5 heteroatoms. The van der Waals surface area contributed by atoms with Crippen molar-refractivity contribution in [1.29, 1.82) is 0 Å². The van der Waals surface area contributed by atoms with Gasteiger partial charge in [0.25, 0.3) is 0 Å². The van der Waals surface area contributed by atoms with E-state index in [0.29, 0.717) is 0 Å². The lowest BCUT2D eigenvalue weighted by atomic mass is 10.2. The van der Waals surface area contributed by atoms with Gasteiger partial charge in [-0.1, -0.05) is 42.5 Å². The second kappa shape index (κ2) is 7.70. The summed E-state index contributed by atoms with van der Waals surface area (Å²) >= 11 is 0. The highest BCUT2D eigenvalue weighted by Gasteiger charge is 2.20. The number of fused-ring (bicyclic) bond motifs is 1. The Balaban J connectivity index is 1.49. The molecule has 1 saturated heterocycles. The van der Waals surface area contributed by atoms with Gasteiger partial charge in [0, 0.05) is 44.7 Å². The van der Waals surface area contributed by atoms with E-state index in [-0.39, 0.29) is 0 Å². The molecular weight excluding hydrogens is 322 g/mol. The Labute approximate surface area is 154 Å². The average Bonchev–Trinajstić information content (AvgIpc) is 2.69. The molecule has 0 aliphatic carbocycles. The normalized spacial score (nSPS) is 15.3. The van der Waals surface area contributed by atoms with Crippen molar-refractivity contribution in [1.82, 2.24) is 14.9 Å². The van der Waals surface area contributed by atoms with E-state index in [4.69, 9.17) is 9.97 Å². The molecule has 0 radical (unpaired) electrons. The average molecular weight is 347 g/mol. The van der Waals surface area contributed by atoms with Gasteiger partial charge in [0.1, 0.15) is 5.82 Å². The van der Waals surface area contributed by atoms with Crippen LogP contribution in [0, 0.1) is 0 Å². The summed E-state index contributed by atoms with van der Waals surface area (Å²) in [5.41, 5.74) is 2.37. The quantitative estimate of drug-likeness (QED) is 0.766. The zero-order chi connectivity index (χ0) is 17.8. The molecule has 134 valence electrons. The third kappa shape index (κ3) is 3.63. The standard InChI is InChI=1S/C21H25N5/c1-2-22-20-18-10-6-7-11-19(18)23-21(24-20)26-14-12-25(13-15-26)16-17-8-4-3-5-9-17/h3-11H,2,12-16H2,1H3,(H,22,23,24). The van der Waals surface area contributed by atoms with Gasteiger partial charge in [0.15, 0.2) is 0 Å². The molecule has 0 amide bonds. The third-order valence-electron chi connectivity index (χ3n) is 4.84. The number of anilines is 2. The van der Waals surface area contributed by atoms with Crippen molar-refractivity contribution in [3.05, 3.63) is 60.2 Å². The van der Waals surface area contributed by atoms with Crippen molar-refractivity contribution in [3.8, 4) is 0 Å². The Morgan fingerprint density at radius 1 is 0.885 bits per heavy atom. The fraction of sp³-hybridized carbons (Fsp3) is 0.333. The molecule has 1 N–H and O–H groups in total. The summed E-state index contributed by atoms with van der Waals surface area (Å²) in [4.78, 5) is 14.4. The summed E-state index contributed by atoms with van der Waals surface area (Å²) in [7, 11) is 0. The first-order chi connectivity index (χ1) is 12.8. The minimum atomic E-state index is 0.832. The predicted octanol–water partition coefficient (Wildman–Crippen LogP) is 3.38. The van der Waals surface area contributed by atoms with E-state index >= 15 is 0 Å². The summed E-state index contributed by atoms with van der Waals surface area (Å²) < 4.78 is 0. The molecule has 0 spiro atoms. The van der Waals surface area contributed by atoms with Crippen LogP contribution < -0.4 is 10.2 Å². The highest BCUT2D eigenvalue weighted by Crippen LogP contribution is 2.24. The van der Waals surface area contributed by atoms with Crippen molar-refractivity contribution in [2.75, 3.05) is 42.9 Å². The third-order valence-corrected chi connectivity index (χ3v) is 4.84. The maximum absolute atomic E-state index is 4.81. The van der Waals surface area contributed by atoms with Gasteiger partial charge in [-0.2, -0.15) is 4.98 Å². The van der Waals surface area contributed by atoms with Crippen LogP contribution in [-0.2, 0) is 6.54 Å². The predicted molar refractivity (Wildman–Crippen MR) is 108 cm³/mol. The molecule has 0 bridgehead atoms. The minimum Gasteiger partial charge on any atom is -0.370 e. The number of rotatable bonds is 5. The molecule has 3 aromatic rings. The number of aromatic nitrogens is 2. The Kier molecular flexibility index (Phi) is 4.97. The molecule has 1 aromatic heterocycles. The largest absolute Gasteiger partial charge is 0.370 e. The van der Waals surface area contributed by atoms with Crippen molar-refractivity contribution in [3.63, 3.8) is 0 Å². The maximum atomic E-state index is 4.81. The Morgan fingerprint density at radius 2 is 1.62 bits per heavy atom. The van der Waals surface area contributed by atoms with Crippen molar-refractivity contribution in [2.45, 2.75) is 13.5 Å². The molecule has 1 aliphatic heterocycles. The Bertz CT molecular complexity index is 857. The number of nitrogens with zero attached hydrogens (tertiary/aromatic N) is 4. The van der Waals surface area contributed by atoms with E-state index in [1.807, 2.05) is 12.1 Å². The summed E-state index contributed by atoms with van der Waals surface area (Å²) in [5.74, 6) is 1.76. The first-order valence-corrected chi connectivity index (χ1v) is 9.35. The van der Waals surface area contributed by atoms with Crippen LogP contribution in [0.3, 0.4) is 0 Å². The zero-order valence-electron chi connectivity index (χ0n) is 15.2. The Morgan fingerprint density at radius 3 is 2.38 bits per heavy atom. The molecule has 0 unspecified atom stereocenters. The van der Waals surface area contributed by atoms with E-state index in [1.54, 1.807) is 0 Å². The van der Waals surface area contributed by atoms with Crippen LogP contribution >= 0.6 is 0 Å². The summed E-state index contributed by atoms with van der Waals surface area (Å²) in [6, 6.07) is 18.9. The first kappa shape index (κ1) is 16.8. The van der Waals surface area contributed by atoms with Crippen LogP contribution in [0.15, 0.2) is 54.6 Å². The van der Waals surface area contributed by atoms with Crippen LogP contribution in [0.5, 0.6) is 0 Å². The molecule has 4 rings (SSSR count). The van der Waals surface area contributed by atoms with Gasteiger partial charge in [0.2, 0.25) is 5.95 Å². The van der Waals surface area contributed by atoms with Crippen molar-refractivity contribution in [2.24, 2.45) is 0 Å². The van der Waals surface area contributed by atoms with Crippen LogP contribution in [0.25, 0.3) is 10.9 Å². The molecule has 1 aliphatic rings. The van der Waals surface area contributed by atoms with E-state index in [9.17, 15) is 0 Å². The van der Waals surface area contributed by atoms with Crippen LogP contribution in [0.1, 0.15) is 12.5 Å². The van der Waals surface area contributed by atoms with Gasteiger partial charge >= 0.3 is 0 Å². The van der Waals surface area contributed by atoms with Crippen LogP contribution in [0.4, 0.5) is 11.8 Å². The molecule has 0 atom stereocenters. The SMILES string of the molecule is CCNc1nc(N2CCN(Cc3ccccc3)CC2)nc2ccccc12. The van der Waals surface area contributed by atoms with Crippen LogP contribution in [0.2, 0.25) is 0 Å². The number of hydrogen-bond donors (Lipinski definition) is 1. The number of para-hydroxylation sites is 1. The Hall–Kier alpha value is -2.66. The lowest BCUT2D eigenvalue weighted by Crippen LogP contribution is -2.46. The topological polar surface area (TPSA) is 44.3 Å². The molecular formula is C21H25N5. The number of hydrogen-bond acceptors (Lipinski definition) is 5. The second-order valence-electron chi connectivity index (χ2n) is 6.67. The highest BCUT2D eigenvalue weighted by molar-refractivity contribution is 5.90. The van der Waals surface area contributed by atoms with Gasteiger partial charge in [-0.3, -0.25) is 4.90 Å². The van der Waals surface area contributed by atoms with Gasteiger partial charge in [-0.25, -0.2) is 4.98 Å². The lowest BCUT2D eigenvalue weighted by Gasteiger charge is -2.35. The van der Waals surface area contributed by atoms with E-state index in [0.717, 1.165) is 61.9 Å². The summed E-state index contributed by atoms with van der Waals surface area (Å²) in [5, 5.41) is 4.47. The molecule has 0 saturated carbocycles. The highest BCUT2D eigenvalue weighted by atomic mass is 15.3. The van der Waals surface area contributed by atoms with E-state index < -0.39 is 0 Å². The summed E-state index contributed by atoms with van der Waals surface area (Å²) in [6.45, 7) is 7.93. The lowest BCUT2D eigenvalue weighted by molar-refractivity contribution is 0.249. The first-order valence-electron chi connectivity index (χ1n) is 9.35. The smallest absolute Gasteiger partial charge is 0.227 e. The van der Waals surface area contributed by atoms with Gasteiger partial charge in [0.05, 0.1) is 5.52 Å². The number of benzene rings is 2. The molecule has 2 aromatic carbocycles. The monoisotopic (exact) mass is 347 g/mol. The maximum Gasteiger partial charge on any atom is 0.227 e. The zero-order valence-corrected chi connectivity index (χ0v) is 15.2. The number of piperazine rings is 1. The fourth-order valence-electron chi connectivity index (χ4n) is 3.46. The van der Waals surface area contributed by atoms with Gasteiger partial charge in [-0.15, -0.1) is 0 Å². The molecule has 2 heterocycles. The second-order valence-corrected chi connectivity index (χ2v) is 6.67. The van der Waals surface area contributed by atoms with Gasteiger partial charge < -0.3 is 10.2 Å². The molecule has 5 nitrogen and oxygen atoms in total. The molecule has 1 fully saturated rings.